The quantitative estimate of drug-likeness (QED) is 0.897. The van der Waals surface area contributed by atoms with Gasteiger partial charge in [-0.15, -0.1) is 0 Å². The average molecular weight is 276 g/mol. The Balaban J connectivity index is 1.69. The summed E-state index contributed by atoms with van der Waals surface area (Å²) in [5.41, 5.74) is 7.66. The summed E-state index contributed by atoms with van der Waals surface area (Å²) in [6.07, 6.45) is 1.07. The summed E-state index contributed by atoms with van der Waals surface area (Å²) >= 11 is 0. The van der Waals surface area contributed by atoms with Crippen molar-refractivity contribution in [3.63, 3.8) is 0 Å². The standard InChI is InChI=1S/C16H24N2O2/c1-16(2)11-18(6-5-15(16)17)10-12-3-4-13-14(9-12)20-8-7-19-13/h3-4,9,15H,5-8,10-11,17H2,1-2H3. The lowest BCUT2D eigenvalue weighted by Gasteiger charge is -2.42. The molecular formula is C16H24N2O2. The highest BCUT2D eigenvalue weighted by atomic mass is 16.6. The summed E-state index contributed by atoms with van der Waals surface area (Å²) in [7, 11) is 0. The summed E-state index contributed by atoms with van der Waals surface area (Å²) < 4.78 is 11.2. The van der Waals surface area contributed by atoms with E-state index in [0.29, 0.717) is 19.3 Å². The van der Waals surface area contributed by atoms with Gasteiger partial charge in [-0.05, 0) is 29.5 Å². The highest BCUT2D eigenvalue weighted by Crippen LogP contribution is 2.32. The van der Waals surface area contributed by atoms with Crippen LogP contribution in [0.2, 0.25) is 0 Å². The molecule has 0 bridgehead atoms. The predicted molar refractivity (Wildman–Crippen MR) is 79.1 cm³/mol. The van der Waals surface area contributed by atoms with Gasteiger partial charge in [0.25, 0.3) is 0 Å². The van der Waals surface area contributed by atoms with Crippen LogP contribution in [-0.2, 0) is 6.54 Å². The molecule has 0 aliphatic carbocycles. The van der Waals surface area contributed by atoms with Gasteiger partial charge in [-0.25, -0.2) is 0 Å². The second-order valence-electron chi connectivity index (χ2n) is 6.57. The molecule has 1 aromatic rings. The summed E-state index contributed by atoms with van der Waals surface area (Å²) in [6.45, 7) is 8.86. The van der Waals surface area contributed by atoms with Crippen LogP contribution in [-0.4, -0.2) is 37.2 Å². The molecule has 3 rings (SSSR count). The van der Waals surface area contributed by atoms with Crippen LogP contribution < -0.4 is 15.2 Å². The molecule has 0 aromatic heterocycles. The van der Waals surface area contributed by atoms with E-state index in [1.807, 2.05) is 6.07 Å². The normalized spacial score (nSPS) is 25.4. The van der Waals surface area contributed by atoms with E-state index in [1.165, 1.54) is 5.56 Å². The Morgan fingerprint density at radius 1 is 1.25 bits per heavy atom. The van der Waals surface area contributed by atoms with Crippen molar-refractivity contribution in [1.29, 1.82) is 0 Å². The fraction of sp³-hybridized carbons (Fsp3) is 0.625. The van der Waals surface area contributed by atoms with E-state index in [2.05, 4.69) is 30.9 Å². The Bertz CT molecular complexity index is 487. The maximum atomic E-state index is 6.20. The Kier molecular flexibility index (Phi) is 3.61. The monoisotopic (exact) mass is 276 g/mol. The third-order valence-electron chi connectivity index (χ3n) is 4.40. The van der Waals surface area contributed by atoms with Crippen molar-refractivity contribution in [3.8, 4) is 11.5 Å². The van der Waals surface area contributed by atoms with Gasteiger partial charge >= 0.3 is 0 Å². The molecule has 0 spiro atoms. The molecule has 1 atom stereocenters. The number of hydrogen-bond acceptors (Lipinski definition) is 4. The largest absolute Gasteiger partial charge is 0.486 e. The number of ether oxygens (including phenoxy) is 2. The zero-order chi connectivity index (χ0) is 14.2. The van der Waals surface area contributed by atoms with Gasteiger partial charge in [0.05, 0.1) is 0 Å². The van der Waals surface area contributed by atoms with E-state index >= 15 is 0 Å². The van der Waals surface area contributed by atoms with E-state index < -0.39 is 0 Å². The van der Waals surface area contributed by atoms with Crippen LogP contribution in [0.15, 0.2) is 18.2 Å². The molecule has 1 aromatic carbocycles. The molecule has 1 fully saturated rings. The van der Waals surface area contributed by atoms with Crippen molar-refractivity contribution in [1.82, 2.24) is 4.90 Å². The topological polar surface area (TPSA) is 47.7 Å². The molecule has 4 heteroatoms. The number of rotatable bonds is 2. The van der Waals surface area contributed by atoms with Gasteiger partial charge in [0, 0.05) is 25.7 Å². The number of fused-ring (bicyclic) bond motifs is 1. The fourth-order valence-electron chi connectivity index (χ4n) is 3.06. The number of benzene rings is 1. The summed E-state index contributed by atoms with van der Waals surface area (Å²) in [5, 5.41) is 0. The highest BCUT2D eigenvalue weighted by Gasteiger charge is 2.33. The molecule has 2 heterocycles. The summed E-state index contributed by atoms with van der Waals surface area (Å²) in [6, 6.07) is 6.56. The van der Waals surface area contributed by atoms with Crippen molar-refractivity contribution < 1.29 is 9.47 Å². The molecule has 4 nitrogen and oxygen atoms in total. The maximum Gasteiger partial charge on any atom is 0.161 e. The zero-order valence-corrected chi connectivity index (χ0v) is 12.4. The fourth-order valence-corrected chi connectivity index (χ4v) is 3.06. The van der Waals surface area contributed by atoms with Crippen LogP contribution in [0.1, 0.15) is 25.8 Å². The number of hydrogen-bond donors (Lipinski definition) is 1. The zero-order valence-electron chi connectivity index (χ0n) is 12.4. The van der Waals surface area contributed by atoms with Crippen LogP contribution in [0, 0.1) is 5.41 Å². The molecule has 0 radical (unpaired) electrons. The molecule has 110 valence electrons. The van der Waals surface area contributed by atoms with Crippen molar-refractivity contribution in [2.75, 3.05) is 26.3 Å². The van der Waals surface area contributed by atoms with Crippen molar-refractivity contribution in [2.45, 2.75) is 32.9 Å². The number of nitrogens with zero attached hydrogens (tertiary/aromatic N) is 1. The predicted octanol–water partition coefficient (Wildman–Crippen LogP) is 2.02. The SMILES string of the molecule is CC1(C)CN(Cc2ccc3c(c2)OCCO3)CCC1N. The van der Waals surface area contributed by atoms with Crippen molar-refractivity contribution in [2.24, 2.45) is 11.1 Å². The second-order valence-corrected chi connectivity index (χ2v) is 6.57. The average Bonchev–Trinajstić information content (AvgIpc) is 2.42. The summed E-state index contributed by atoms with van der Waals surface area (Å²) in [5.74, 6) is 1.74. The Morgan fingerprint density at radius 2 is 2.00 bits per heavy atom. The van der Waals surface area contributed by atoms with Gasteiger partial charge < -0.3 is 15.2 Å². The molecule has 20 heavy (non-hydrogen) atoms. The molecule has 1 unspecified atom stereocenters. The van der Waals surface area contributed by atoms with E-state index in [0.717, 1.165) is 37.6 Å². The van der Waals surface area contributed by atoms with Gasteiger partial charge in [0.15, 0.2) is 11.5 Å². The van der Waals surface area contributed by atoms with Gasteiger partial charge in [0.2, 0.25) is 0 Å². The van der Waals surface area contributed by atoms with E-state index in [-0.39, 0.29) is 5.41 Å². The first-order chi connectivity index (χ1) is 9.54. The van der Waals surface area contributed by atoms with Crippen molar-refractivity contribution in [3.05, 3.63) is 23.8 Å². The van der Waals surface area contributed by atoms with Crippen LogP contribution >= 0.6 is 0 Å². The maximum absolute atomic E-state index is 6.20. The first-order valence-corrected chi connectivity index (χ1v) is 7.41. The number of nitrogens with two attached hydrogens (primary N) is 1. The van der Waals surface area contributed by atoms with Crippen LogP contribution in [0.4, 0.5) is 0 Å². The minimum atomic E-state index is 0.187. The van der Waals surface area contributed by atoms with Crippen LogP contribution in [0.3, 0.4) is 0 Å². The van der Waals surface area contributed by atoms with Crippen molar-refractivity contribution >= 4 is 0 Å². The highest BCUT2D eigenvalue weighted by molar-refractivity contribution is 5.43. The van der Waals surface area contributed by atoms with E-state index in [4.69, 9.17) is 15.2 Å². The van der Waals surface area contributed by atoms with E-state index in [9.17, 15) is 0 Å². The molecule has 0 amide bonds. The smallest absolute Gasteiger partial charge is 0.161 e. The lowest BCUT2D eigenvalue weighted by atomic mass is 9.79. The molecule has 0 saturated carbocycles. The number of likely N-dealkylation sites (tertiary alicyclic amines) is 1. The third kappa shape index (κ3) is 2.76. The molecule has 2 N–H and O–H groups in total. The lowest BCUT2D eigenvalue weighted by molar-refractivity contribution is 0.0896. The third-order valence-corrected chi connectivity index (χ3v) is 4.40. The molecular weight excluding hydrogens is 252 g/mol. The van der Waals surface area contributed by atoms with Gasteiger partial charge in [-0.3, -0.25) is 4.90 Å². The second kappa shape index (κ2) is 5.26. The molecule has 1 saturated heterocycles. The first-order valence-electron chi connectivity index (χ1n) is 7.41. The van der Waals surface area contributed by atoms with Gasteiger partial charge in [0.1, 0.15) is 13.2 Å². The first kappa shape index (κ1) is 13.7. The van der Waals surface area contributed by atoms with E-state index in [1.54, 1.807) is 0 Å². The lowest BCUT2D eigenvalue weighted by Crippen LogP contribution is -2.52. The Labute approximate surface area is 120 Å². The number of piperidine rings is 1. The molecule has 2 aliphatic heterocycles. The Morgan fingerprint density at radius 3 is 2.75 bits per heavy atom. The van der Waals surface area contributed by atoms with Crippen LogP contribution in [0.25, 0.3) is 0 Å². The van der Waals surface area contributed by atoms with Gasteiger partial charge in [-0.2, -0.15) is 0 Å². The Hall–Kier alpha value is -1.26. The van der Waals surface area contributed by atoms with Gasteiger partial charge in [-0.1, -0.05) is 19.9 Å². The minimum Gasteiger partial charge on any atom is -0.486 e. The summed E-state index contributed by atoms with van der Waals surface area (Å²) in [4.78, 5) is 2.48. The molecule has 2 aliphatic rings. The minimum absolute atomic E-state index is 0.187. The van der Waals surface area contributed by atoms with Crippen LogP contribution in [0.5, 0.6) is 11.5 Å².